The maximum absolute atomic E-state index is 13.9. The quantitative estimate of drug-likeness (QED) is 0.870. The standard InChI is InChI=1S/C21H25F2N3O/c1-3-25-10-12-26(13-11-25)20-9-8-16(22)14-18(20)15(2)24-21(27)17-6-4-5-7-19(17)23/h4-9,14-15H,3,10-13H2,1-2H3,(H,24,27). The van der Waals surface area contributed by atoms with Crippen LogP contribution in [0.5, 0.6) is 0 Å². The van der Waals surface area contributed by atoms with Gasteiger partial charge in [-0.2, -0.15) is 0 Å². The number of carbonyl (C=O) groups excluding carboxylic acids is 1. The number of hydrogen-bond acceptors (Lipinski definition) is 3. The third-order valence-electron chi connectivity index (χ3n) is 5.08. The zero-order chi connectivity index (χ0) is 19.4. The van der Waals surface area contributed by atoms with Crippen LogP contribution >= 0.6 is 0 Å². The van der Waals surface area contributed by atoms with Crippen LogP contribution in [0.15, 0.2) is 42.5 Å². The Balaban J connectivity index is 1.80. The van der Waals surface area contributed by atoms with Crippen LogP contribution in [0.4, 0.5) is 14.5 Å². The molecule has 0 saturated carbocycles. The minimum Gasteiger partial charge on any atom is -0.369 e. The van der Waals surface area contributed by atoms with E-state index in [4.69, 9.17) is 0 Å². The van der Waals surface area contributed by atoms with Crippen LogP contribution in [-0.2, 0) is 0 Å². The van der Waals surface area contributed by atoms with Crippen molar-refractivity contribution < 1.29 is 13.6 Å². The lowest BCUT2D eigenvalue weighted by atomic mass is 10.0. The van der Waals surface area contributed by atoms with Gasteiger partial charge in [-0.25, -0.2) is 8.78 Å². The highest BCUT2D eigenvalue weighted by Crippen LogP contribution is 2.28. The smallest absolute Gasteiger partial charge is 0.254 e. The van der Waals surface area contributed by atoms with E-state index >= 15 is 0 Å². The monoisotopic (exact) mass is 373 g/mol. The lowest BCUT2D eigenvalue weighted by Gasteiger charge is -2.37. The Hall–Kier alpha value is -2.47. The second-order valence-electron chi connectivity index (χ2n) is 6.80. The van der Waals surface area contributed by atoms with Gasteiger partial charge in [0, 0.05) is 37.4 Å². The van der Waals surface area contributed by atoms with Crippen LogP contribution in [0.1, 0.15) is 35.8 Å². The SMILES string of the molecule is CCN1CCN(c2ccc(F)cc2C(C)NC(=O)c2ccccc2F)CC1. The van der Waals surface area contributed by atoms with E-state index in [1.807, 2.05) is 0 Å². The van der Waals surface area contributed by atoms with Crippen LogP contribution in [-0.4, -0.2) is 43.5 Å². The molecule has 1 atom stereocenters. The molecule has 0 aliphatic carbocycles. The molecule has 1 aliphatic rings. The summed E-state index contributed by atoms with van der Waals surface area (Å²) < 4.78 is 27.8. The first-order valence-corrected chi connectivity index (χ1v) is 9.31. The predicted molar refractivity (Wildman–Crippen MR) is 103 cm³/mol. The van der Waals surface area contributed by atoms with Crippen molar-refractivity contribution in [3.63, 3.8) is 0 Å². The summed E-state index contributed by atoms with van der Waals surface area (Å²) in [4.78, 5) is 17.0. The Morgan fingerprint density at radius 1 is 1.11 bits per heavy atom. The van der Waals surface area contributed by atoms with E-state index in [2.05, 4.69) is 22.0 Å². The summed E-state index contributed by atoms with van der Waals surface area (Å²) in [5, 5.41) is 2.80. The van der Waals surface area contributed by atoms with Gasteiger partial charge in [0.05, 0.1) is 11.6 Å². The van der Waals surface area contributed by atoms with E-state index < -0.39 is 17.8 Å². The molecular formula is C21H25F2N3O. The van der Waals surface area contributed by atoms with Crippen LogP contribution in [0, 0.1) is 11.6 Å². The summed E-state index contributed by atoms with van der Waals surface area (Å²) in [5.74, 6) is -1.43. The van der Waals surface area contributed by atoms with Crippen LogP contribution in [0.3, 0.4) is 0 Å². The molecule has 4 nitrogen and oxygen atoms in total. The van der Waals surface area contributed by atoms with Crippen molar-refractivity contribution in [2.45, 2.75) is 19.9 Å². The lowest BCUT2D eigenvalue weighted by molar-refractivity contribution is 0.0936. The molecule has 1 heterocycles. The van der Waals surface area contributed by atoms with Gasteiger partial charge >= 0.3 is 0 Å². The number of likely N-dealkylation sites (N-methyl/N-ethyl adjacent to an activating group) is 1. The van der Waals surface area contributed by atoms with Crippen molar-refractivity contribution in [3.8, 4) is 0 Å². The van der Waals surface area contributed by atoms with E-state index in [0.29, 0.717) is 5.56 Å². The topological polar surface area (TPSA) is 35.6 Å². The van der Waals surface area contributed by atoms with Gasteiger partial charge in [0.25, 0.3) is 5.91 Å². The Morgan fingerprint density at radius 3 is 2.48 bits per heavy atom. The highest BCUT2D eigenvalue weighted by atomic mass is 19.1. The molecule has 1 N–H and O–H groups in total. The zero-order valence-corrected chi connectivity index (χ0v) is 15.7. The fourth-order valence-corrected chi connectivity index (χ4v) is 3.46. The molecule has 1 unspecified atom stereocenters. The predicted octanol–water partition coefficient (Wildman–Crippen LogP) is 3.60. The number of carbonyl (C=O) groups is 1. The van der Waals surface area contributed by atoms with Gasteiger partial charge in [-0.15, -0.1) is 0 Å². The molecule has 1 aliphatic heterocycles. The third kappa shape index (κ3) is 4.45. The highest BCUT2D eigenvalue weighted by Gasteiger charge is 2.22. The van der Waals surface area contributed by atoms with E-state index in [-0.39, 0.29) is 11.4 Å². The van der Waals surface area contributed by atoms with Crippen molar-refractivity contribution in [1.82, 2.24) is 10.2 Å². The Labute approximate surface area is 158 Å². The van der Waals surface area contributed by atoms with Gasteiger partial charge in [0.1, 0.15) is 11.6 Å². The molecule has 0 aromatic heterocycles. The third-order valence-corrected chi connectivity index (χ3v) is 5.08. The second kappa shape index (κ2) is 8.48. The highest BCUT2D eigenvalue weighted by molar-refractivity contribution is 5.94. The molecule has 0 spiro atoms. The molecule has 0 radical (unpaired) electrons. The molecule has 1 fully saturated rings. The number of halogens is 2. The summed E-state index contributed by atoms with van der Waals surface area (Å²) in [7, 11) is 0. The van der Waals surface area contributed by atoms with Gasteiger partial charge in [-0.05, 0) is 43.8 Å². The number of anilines is 1. The number of hydrogen-bond donors (Lipinski definition) is 1. The average Bonchev–Trinajstić information content (AvgIpc) is 2.68. The number of piperazine rings is 1. The normalized spacial score (nSPS) is 16.2. The molecule has 6 heteroatoms. The summed E-state index contributed by atoms with van der Waals surface area (Å²) in [6.45, 7) is 8.53. The van der Waals surface area contributed by atoms with Gasteiger partial charge in [-0.3, -0.25) is 4.79 Å². The first-order chi connectivity index (χ1) is 13.0. The zero-order valence-electron chi connectivity index (χ0n) is 15.7. The Bertz CT molecular complexity index is 804. The van der Waals surface area contributed by atoms with Gasteiger partial charge in [0.15, 0.2) is 0 Å². The Morgan fingerprint density at radius 2 is 1.81 bits per heavy atom. The van der Waals surface area contributed by atoms with Crippen molar-refractivity contribution in [1.29, 1.82) is 0 Å². The summed E-state index contributed by atoms with van der Waals surface area (Å²) in [5.41, 5.74) is 1.59. The fraction of sp³-hybridized carbons (Fsp3) is 0.381. The minimum absolute atomic E-state index is 0.0149. The van der Waals surface area contributed by atoms with E-state index in [9.17, 15) is 13.6 Å². The number of nitrogens with zero attached hydrogens (tertiary/aromatic N) is 2. The molecule has 2 aromatic rings. The lowest BCUT2D eigenvalue weighted by Crippen LogP contribution is -2.46. The van der Waals surface area contributed by atoms with Crippen LogP contribution in [0.2, 0.25) is 0 Å². The molecule has 144 valence electrons. The maximum atomic E-state index is 13.9. The summed E-state index contributed by atoms with van der Waals surface area (Å²) in [6.07, 6.45) is 0. The average molecular weight is 373 g/mol. The van der Waals surface area contributed by atoms with Crippen molar-refractivity contribution in [3.05, 3.63) is 65.2 Å². The van der Waals surface area contributed by atoms with Crippen LogP contribution in [0.25, 0.3) is 0 Å². The largest absolute Gasteiger partial charge is 0.369 e. The van der Waals surface area contributed by atoms with E-state index in [1.54, 1.807) is 19.1 Å². The Kier molecular flexibility index (Phi) is 6.06. The number of rotatable bonds is 5. The van der Waals surface area contributed by atoms with Crippen molar-refractivity contribution in [2.24, 2.45) is 0 Å². The first-order valence-electron chi connectivity index (χ1n) is 9.31. The summed E-state index contributed by atoms with van der Waals surface area (Å²) in [6, 6.07) is 10.0. The van der Waals surface area contributed by atoms with Crippen molar-refractivity contribution >= 4 is 11.6 Å². The van der Waals surface area contributed by atoms with Crippen molar-refractivity contribution in [2.75, 3.05) is 37.6 Å². The number of benzene rings is 2. The van der Waals surface area contributed by atoms with Crippen LogP contribution < -0.4 is 10.2 Å². The van der Waals surface area contributed by atoms with Gasteiger partial charge < -0.3 is 15.1 Å². The first kappa shape index (κ1) is 19.3. The fourth-order valence-electron chi connectivity index (χ4n) is 3.46. The minimum atomic E-state index is -0.572. The summed E-state index contributed by atoms with van der Waals surface area (Å²) >= 11 is 0. The van der Waals surface area contributed by atoms with E-state index in [0.717, 1.165) is 38.4 Å². The molecular weight excluding hydrogens is 348 g/mol. The number of nitrogens with one attached hydrogen (secondary N) is 1. The second-order valence-corrected chi connectivity index (χ2v) is 6.80. The van der Waals surface area contributed by atoms with Gasteiger partial charge in [-0.1, -0.05) is 19.1 Å². The molecule has 27 heavy (non-hydrogen) atoms. The maximum Gasteiger partial charge on any atom is 0.254 e. The van der Waals surface area contributed by atoms with E-state index in [1.165, 1.54) is 30.3 Å². The molecule has 0 bridgehead atoms. The molecule has 1 saturated heterocycles. The van der Waals surface area contributed by atoms with Gasteiger partial charge in [0.2, 0.25) is 0 Å². The molecule has 1 amide bonds. The number of amides is 1. The molecule has 3 rings (SSSR count). The molecule has 2 aromatic carbocycles.